The number of nitrogens with two attached hydrogens (primary N) is 2. The van der Waals surface area contributed by atoms with Gasteiger partial charge in [-0.2, -0.15) is 0 Å². The number of ether oxygens (including phenoxy) is 1. The lowest BCUT2D eigenvalue weighted by atomic mass is 9.93. The molecule has 3 amide bonds. The molecule has 3 aromatic carbocycles. The molecule has 1 fully saturated rings. The number of hydrogen-bond donors (Lipinski definition) is 4. The molecule has 1 aliphatic heterocycles. The van der Waals surface area contributed by atoms with Crippen molar-refractivity contribution in [3.8, 4) is 0 Å². The minimum Gasteiger partial charge on any atom is -0.373 e. The molecule has 6 N–H and O–H groups in total. The van der Waals surface area contributed by atoms with Crippen molar-refractivity contribution in [2.45, 2.75) is 83.2 Å². The predicted molar refractivity (Wildman–Crippen MR) is 184 cm³/mol. The number of benzene rings is 3. The molecule has 0 saturated carbocycles. The first-order valence-corrected chi connectivity index (χ1v) is 16.5. The molecular weight excluding hydrogens is 611 g/mol. The Balaban J connectivity index is 1.55. The predicted octanol–water partition coefficient (Wildman–Crippen LogP) is 3.54. The molecule has 11 heteroatoms. The lowest BCUT2D eigenvalue weighted by Gasteiger charge is -2.41. The average Bonchev–Trinajstić information content (AvgIpc) is 3.07. The van der Waals surface area contributed by atoms with Crippen LogP contribution in [0, 0.1) is 12.7 Å². The summed E-state index contributed by atoms with van der Waals surface area (Å²) in [6.45, 7) is 4.64. The number of aryl methyl sites for hydroxylation is 1. The molecule has 0 radical (unpaired) electrons. The molecule has 0 bridgehead atoms. The number of aliphatic imine (C=N–C) groups is 1. The van der Waals surface area contributed by atoms with Gasteiger partial charge in [0.05, 0.1) is 12.7 Å². The number of halogens is 1. The van der Waals surface area contributed by atoms with Gasteiger partial charge < -0.3 is 31.7 Å². The quantitative estimate of drug-likeness (QED) is 0.111. The minimum atomic E-state index is -0.959. The summed E-state index contributed by atoms with van der Waals surface area (Å²) in [5, 5.41) is 5.70. The Morgan fingerprint density at radius 1 is 0.917 bits per heavy atom. The molecule has 1 aliphatic rings. The first-order chi connectivity index (χ1) is 23.1. The number of hydrogen-bond acceptors (Lipinski definition) is 5. The average molecular weight is 659 g/mol. The Kier molecular flexibility index (Phi) is 13.5. The molecule has 0 spiro atoms. The summed E-state index contributed by atoms with van der Waals surface area (Å²) < 4.78 is 20.1. The first kappa shape index (κ1) is 36.1. The van der Waals surface area contributed by atoms with E-state index in [-0.39, 0.29) is 42.8 Å². The second-order valence-electron chi connectivity index (χ2n) is 12.4. The van der Waals surface area contributed by atoms with E-state index in [1.165, 1.54) is 19.1 Å². The molecule has 4 unspecified atom stereocenters. The number of nitrogens with zero attached hydrogens (tertiary/aromatic N) is 2. The van der Waals surface area contributed by atoms with Gasteiger partial charge in [0.1, 0.15) is 17.9 Å². The van der Waals surface area contributed by atoms with Crippen molar-refractivity contribution in [2.24, 2.45) is 16.5 Å². The maximum Gasteiger partial charge on any atom is 0.245 e. The van der Waals surface area contributed by atoms with E-state index in [9.17, 15) is 18.8 Å². The van der Waals surface area contributed by atoms with Gasteiger partial charge in [-0.05, 0) is 61.4 Å². The summed E-state index contributed by atoms with van der Waals surface area (Å²) in [4.78, 5) is 46.3. The van der Waals surface area contributed by atoms with Gasteiger partial charge in [-0.25, -0.2) is 4.39 Å². The van der Waals surface area contributed by atoms with Crippen molar-refractivity contribution in [3.05, 3.63) is 107 Å². The van der Waals surface area contributed by atoms with E-state index in [0.29, 0.717) is 50.9 Å². The monoisotopic (exact) mass is 658 g/mol. The van der Waals surface area contributed by atoms with Gasteiger partial charge >= 0.3 is 0 Å². The summed E-state index contributed by atoms with van der Waals surface area (Å²) in [7, 11) is 0. The second kappa shape index (κ2) is 18.0. The largest absolute Gasteiger partial charge is 0.373 e. The number of amides is 3. The van der Waals surface area contributed by atoms with Gasteiger partial charge in [0.25, 0.3) is 0 Å². The van der Waals surface area contributed by atoms with Gasteiger partial charge in [0, 0.05) is 38.9 Å². The van der Waals surface area contributed by atoms with Gasteiger partial charge in [0.2, 0.25) is 17.7 Å². The Bertz CT molecular complexity index is 1510. The van der Waals surface area contributed by atoms with Gasteiger partial charge in [-0.1, -0.05) is 72.3 Å². The lowest BCUT2D eigenvalue weighted by Crippen LogP contribution is -2.58. The zero-order valence-corrected chi connectivity index (χ0v) is 27.7. The third kappa shape index (κ3) is 11.5. The third-order valence-electron chi connectivity index (χ3n) is 8.49. The Morgan fingerprint density at radius 2 is 1.56 bits per heavy atom. The zero-order valence-electron chi connectivity index (χ0n) is 27.7. The molecular formula is C37H47FN6O4. The maximum absolute atomic E-state index is 14.4. The molecule has 0 aromatic heterocycles. The molecule has 1 heterocycles. The summed E-state index contributed by atoms with van der Waals surface area (Å²) in [6, 6.07) is 21.5. The van der Waals surface area contributed by atoms with E-state index in [1.807, 2.05) is 66.4 Å². The fourth-order valence-corrected chi connectivity index (χ4v) is 6.00. The fourth-order valence-electron chi connectivity index (χ4n) is 6.00. The van der Waals surface area contributed by atoms with Crippen LogP contribution in [-0.4, -0.2) is 65.9 Å². The molecule has 1 saturated heterocycles. The maximum atomic E-state index is 14.4. The van der Waals surface area contributed by atoms with Gasteiger partial charge in [-0.3, -0.25) is 19.4 Å². The van der Waals surface area contributed by atoms with E-state index in [4.69, 9.17) is 16.2 Å². The molecule has 256 valence electrons. The fraction of sp³-hybridized carbons (Fsp3) is 0.405. The number of carbonyl (C=O) groups is 3. The number of guanidine groups is 1. The van der Waals surface area contributed by atoms with Crippen LogP contribution in [0.2, 0.25) is 0 Å². The van der Waals surface area contributed by atoms with Crippen molar-refractivity contribution in [3.63, 3.8) is 0 Å². The summed E-state index contributed by atoms with van der Waals surface area (Å²) >= 11 is 0. The highest BCUT2D eigenvalue weighted by molar-refractivity contribution is 5.92. The van der Waals surface area contributed by atoms with Crippen LogP contribution in [0.15, 0.2) is 83.9 Å². The van der Waals surface area contributed by atoms with Crippen LogP contribution in [0.4, 0.5) is 4.39 Å². The van der Waals surface area contributed by atoms with Gasteiger partial charge in [0.15, 0.2) is 5.96 Å². The minimum absolute atomic E-state index is 0.0112. The van der Waals surface area contributed by atoms with Crippen molar-refractivity contribution in [2.75, 3.05) is 13.1 Å². The van der Waals surface area contributed by atoms with Crippen LogP contribution in [0.1, 0.15) is 54.9 Å². The van der Waals surface area contributed by atoms with Crippen molar-refractivity contribution < 1.29 is 23.5 Å². The smallest absolute Gasteiger partial charge is 0.245 e. The molecule has 4 atom stereocenters. The first-order valence-electron chi connectivity index (χ1n) is 16.5. The Labute approximate surface area is 282 Å². The number of likely N-dealkylation sites (tertiary alicyclic amines) is 1. The van der Waals surface area contributed by atoms with Crippen LogP contribution in [0.3, 0.4) is 0 Å². The van der Waals surface area contributed by atoms with Crippen LogP contribution < -0.4 is 22.1 Å². The highest BCUT2D eigenvalue weighted by Crippen LogP contribution is 2.26. The highest BCUT2D eigenvalue weighted by atomic mass is 19.1. The Hall–Kier alpha value is -4.77. The number of piperidine rings is 1. The summed E-state index contributed by atoms with van der Waals surface area (Å²) in [5.74, 6) is -1.47. The molecule has 3 aromatic rings. The second-order valence-corrected chi connectivity index (χ2v) is 12.4. The zero-order chi connectivity index (χ0) is 34.5. The number of rotatable bonds is 15. The van der Waals surface area contributed by atoms with Crippen molar-refractivity contribution in [1.29, 1.82) is 0 Å². The van der Waals surface area contributed by atoms with Gasteiger partial charge in [-0.15, -0.1) is 0 Å². The normalized spacial score (nSPS) is 17.2. The van der Waals surface area contributed by atoms with Crippen LogP contribution in [-0.2, 0) is 38.6 Å². The topological polar surface area (TPSA) is 152 Å². The molecule has 10 nitrogen and oxygen atoms in total. The van der Waals surface area contributed by atoms with Crippen LogP contribution in [0.5, 0.6) is 0 Å². The number of nitrogens with one attached hydrogen (secondary N) is 2. The third-order valence-corrected chi connectivity index (χ3v) is 8.49. The van der Waals surface area contributed by atoms with Crippen molar-refractivity contribution in [1.82, 2.24) is 15.5 Å². The molecule has 48 heavy (non-hydrogen) atoms. The van der Waals surface area contributed by atoms with E-state index in [2.05, 4.69) is 15.6 Å². The standard InChI is InChI=1S/C37H47FN6O4/c1-25-10-12-27(13-11-25)21-33(42-26(2)45)35(46)43-34(22-28-14-16-30(38)17-15-28)36(47)44-20-18-32(48-24-29-7-4-3-5-8-29)23-31(44)9-6-19-41-37(39)40/h3-5,7-8,10-17,31-34H,6,9,18-24H2,1-2H3,(H,42,45)(H,43,46)(H4,39,40,41). The van der Waals surface area contributed by atoms with E-state index in [0.717, 1.165) is 16.7 Å². The van der Waals surface area contributed by atoms with Crippen molar-refractivity contribution >= 4 is 23.7 Å². The van der Waals surface area contributed by atoms with E-state index >= 15 is 0 Å². The van der Waals surface area contributed by atoms with Crippen LogP contribution in [0.25, 0.3) is 0 Å². The van der Waals surface area contributed by atoms with Crippen LogP contribution >= 0.6 is 0 Å². The SMILES string of the molecule is CC(=O)NC(Cc1ccc(C)cc1)C(=O)NC(Cc1ccc(F)cc1)C(=O)N1CCC(OCc2ccccc2)CC1CCCN=C(N)N. The van der Waals surface area contributed by atoms with E-state index < -0.39 is 23.8 Å². The summed E-state index contributed by atoms with van der Waals surface area (Å²) in [5.41, 5.74) is 14.8. The Morgan fingerprint density at radius 3 is 2.21 bits per heavy atom. The highest BCUT2D eigenvalue weighted by Gasteiger charge is 2.36. The number of carbonyl (C=O) groups excluding carboxylic acids is 3. The lowest BCUT2D eigenvalue weighted by molar-refractivity contribution is -0.143. The van der Waals surface area contributed by atoms with E-state index in [1.54, 1.807) is 12.1 Å². The molecule has 4 rings (SSSR count). The molecule has 0 aliphatic carbocycles. The summed E-state index contributed by atoms with van der Waals surface area (Å²) in [6.07, 6.45) is 2.85.